The maximum absolute atomic E-state index is 5.80. The highest BCUT2D eigenvalue weighted by molar-refractivity contribution is 9.09. The molecule has 0 saturated heterocycles. The smallest absolute Gasteiger partial charge is 0.0507 e. The highest BCUT2D eigenvalue weighted by Gasteiger charge is 2.23. The van der Waals surface area contributed by atoms with Gasteiger partial charge in [-0.2, -0.15) is 0 Å². The molecule has 0 aliphatic rings. The van der Waals surface area contributed by atoms with Crippen LogP contribution in [-0.2, 0) is 4.74 Å². The first-order valence-electron chi connectivity index (χ1n) is 6.05. The Morgan fingerprint density at radius 1 is 1.20 bits per heavy atom. The number of alkyl halides is 1. The first-order chi connectivity index (χ1) is 6.91. The van der Waals surface area contributed by atoms with Gasteiger partial charge in [0, 0.05) is 11.9 Å². The van der Waals surface area contributed by atoms with Crippen LogP contribution in [0.15, 0.2) is 0 Å². The van der Waals surface area contributed by atoms with Gasteiger partial charge >= 0.3 is 0 Å². The third-order valence-electron chi connectivity index (χ3n) is 2.91. The Morgan fingerprint density at radius 3 is 2.20 bits per heavy atom. The molecule has 0 heterocycles. The fourth-order valence-corrected chi connectivity index (χ4v) is 2.67. The topological polar surface area (TPSA) is 9.23 Å². The highest BCUT2D eigenvalue weighted by atomic mass is 79.9. The van der Waals surface area contributed by atoms with E-state index < -0.39 is 0 Å². The lowest BCUT2D eigenvalue weighted by molar-refractivity contribution is 0.0471. The minimum absolute atomic E-state index is 0.331. The van der Waals surface area contributed by atoms with Crippen LogP contribution >= 0.6 is 15.9 Å². The summed E-state index contributed by atoms with van der Waals surface area (Å²) in [5, 5.41) is 1.03. The Balaban J connectivity index is 3.73. The number of hydrogen-bond acceptors (Lipinski definition) is 1. The maximum Gasteiger partial charge on any atom is 0.0507 e. The highest BCUT2D eigenvalue weighted by Crippen LogP contribution is 2.27. The van der Waals surface area contributed by atoms with Crippen LogP contribution in [0.3, 0.4) is 0 Å². The van der Waals surface area contributed by atoms with Gasteiger partial charge in [0.2, 0.25) is 0 Å². The van der Waals surface area contributed by atoms with Crippen molar-refractivity contribution in [3.63, 3.8) is 0 Å². The third-order valence-corrected chi connectivity index (χ3v) is 3.70. The van der Waals surface area contributed by atoms with Crippen LogP contribution in [0.25, 0.3) is 0 Å². The monoisotopic (exact) mass is 278 g/mol. The van der Waals surface area contributed by atoms with Crippen molar-refractivity contribution in [3.05, 3.63) is 0 Å². The summed E-state index contributed by atoms with van der Waals surface area (Å²) in [6.45, 7) is 13.1. The summed E-state index contributed by atoms with van der Waals surface area (Å²) in [5.41, 5.74) is 0.331. The van der Waals surface area contributed by atoms with Crippen molar-refractivity contribution in [2.24, 2.45) is 17.3 Å². The molecule has 0 rings (SSSR count). The average molecular weight is 279 g/mol. The second-order valence-electron chi connectivity index (χ2n) is 5.65. The zero-order valence-corrected chi connectivity index (χ0v) is 12.6. The van der Waals surface area contributed by atoms with Crippen molar-refractivity contribution in [2.45, 2.75) is 47.5 Å². The Morgan fingerprint density at radius 2 is 1.80 bits per heavy atom. The normalized spacial score (nSPS) is 16.4. The first kappa shape index (κ1) is 15.4. The second-order valence-corrected chi connectivity index (χ2v) is 6.30. The zero-order chi connectivity index (χ0) is 11.9. The average Bonchev–Trinajstić information content (AvgIpc) is 2.10. The van der Waals surface area contributed by atoms with Gasteiger partial charge in [0.1, 0.15) is 0 Å². The van der Waals surface area contributed by atoms with Crippen molar-refractivity contribution < 1.29 is 4.74 Å². The summed E-state index contributed by atoms with van der Waals surface area (Å²) in [6, 6.07) is 0. The molecule has 0 bridgehead atoms. The molecule has 0 N–H and O–H groups in total. The van der Waals surface area contributed by atoms with Crippen molar-refractivity contribution in [3.8, 4) is 0 Å². The van der Waals surface area contributed by atoms with E-state index in [-0.39, 0.29) is 0 Å². The number of ether oxygens (including phenoxy) is 1. The molecular weight excluding hydrogens is 252 g/mol. The van der Waals surface area contributed by atoms with Gasteiger partial charge in [0.15, 0.2) is 0 Å². The molecule has 0 aromatic heterocycles. The summed E-state index contributed by atoms with van der Waals surface area (Å²) >= 11 is 3.57. The predicted molar refractivity (Wildman–Crippen MR) is 71.6 cm³/mol. The molecule has 0 aliphatic carbocycles. The van der Waals surface area contributed by atoms with Gasteiger partial charge in [0.05, 0.1) is 6.61 Å². The van der Waals surface area contributed by atoms with Crippen LogP contribution in [0.2, 0.25) is 0 Å². The van der Waals surface area contributed by atoms with Crippen LogP contribution in [-0.4, -0.2) is 18.5 Å². The van der Waals surface area contributed by atoms with Gasteiger partial charge in [-0.1, -0.05) is 57.0 Å². The van der Waals surface area contributed by atoms with Gasteiger partial charge < -0.3 is 4.74 Å². The largest absolute Gasteiger partial charge is 0.381 e. The molecule has 1 nitrogen and oxygen atoms in total. The summed E-state index contributed by atoms with van der Waals surface area (Å²) in [5.74, 6) is 1.30. The van der Waals surface area contributed by atoms with Crippen molar-refractivity contribution in [1.29, 1.82) is 0 Å². The fourth-order valence-electron chi connectivity index (χ4n) is 1.51. The molecular formula is C13H27BrO. The molecule has 92 valence electrons. The van der Waals surface area contributed by atoms with Gasteiger partial charge in [-0.15, -0.1) is 0 Å². The number of halogens is 1. The summed E-state index contributed by atoms with van der Waals surface area (Å²) in [6.07, 6.45) is 2.53. The molecule has 2 unspecified atom stereocenters. The molecule has 15 heavy (non-hydrogen) atoms. The zero-order valence-electron chi connectivity index (χ0n) is 11.0. The first-order valence-corrected chi connectivity index (χ1v) is 7.17. The van der Waals surface area contributed by atoms with Crippen molar-refractivity contribution in [1.82, 2.24) is 0 Å². The van der Waals surface area contributed by atoms with Crippen molar-refractivity contribution in [2.75, 3.05) is 18.5 Å². The van der Waals surface area contributed by atoms with Crippen LogP contribution in [0.4, 0.5) is 0 Å². The Bertz CT molecular complexity index is 151. The van der Waals surface area contributed by atoms with Crippen molar-refractivity contribution >= 4 is 15.9 Å². The number of rotatable bonds is 7. The maximum atomic E-state index is 5.80. The van der Waals surface area contributed by atoms with E-state index in [4.69, 9.17) is 4.74 Å². The van der Waals surface area contributed by atoms with Gasteiger partial charge in [0.25, 0.3) is 0 Å². The van der Waals surface area contributed by atoms with Gasteiger partial charge in [-0.05, 0) is 23.7 Å². The molecule has 0 aromatic carbocycles. The lowest BCUT2D eigenvalue weighted by Gasteiger charge is -2.29. The lowest BCUT2D eigenvalue weighted by Crippen LogP contribution is -2.27. The van der Waals surface area contributed by atoms with E-state index in [1.165, 1.54) is 12.8 Å². The lowest BCUT2D eigenvalue weighted by atomic mass is 9.83. The van der Waals surface area contributed by atoms with E-state index in [0.717, 1.165) is 18.5 Å². The Hall–Kier alpha value is 0.440. The van der Waals surface area contributed by atoms with Gasteiger partial charge in [-0.3, -0.25) is 0 Å². The van der Waals surface area contributed by atoms with Crippen LogP contribution in [0, 0.1) is 17.3 Å². The van der Waals surface area contributed by atoms with Crippen LogP contribution < -0.4 is 0 Å². The molecule has 0 amide bonds. The van der Waals surface area contributed by atoms with E-state index in [1.807, 2.05) is 0 Å². The minimum atomic E-state index is 0.331. The quantitative estimate of drug-likeness (QED) is 0.624. The van der Waals surface area contributed by atoms with Crippen LogP contribution in [0.1, 0.15) is 47.5 Å². The van der Waals surface area contributed by atoms with E-state index in [2.05, 4.69) is 50.5 Å². The summed E-state index contributed by atoms with van der Waals surface area (Å²) < 4.78 is 5.80. The Labute approximate surface area is 104 Å². The Kier molecular flexibility index (Phi) is 7.90. The molecule has 0 saturated carbocycles. The third kappa shape index (κ3) is 7.35. The minimum Gasteiger partial charge on any atom is -0.381 e. The standard InChI is InChI=1S/C13H27BrO/c1-6-7-11(2)9-15-10-12(8-14)13(3,4)5/h11-12H,6-10H2,1-5H3. The second kappa shape index (κ2) is 7.67. The fraction of sp³-hybridized carbons (Fsp3) is 1.00. The van der Waals surface area contributed by atoms with E-state index in [0.29, 0.717) is 17.3 Å². The van der Waals surface area contributed by atoms with E-state index in [9.17, 15) is 0 Å². The molecule has 0 fully saturated rings. The molecule has 0 radical (unpaired) electrons. The van der Waals surface area contributed by atoms with E-state index >= 15 is 0 Å². The predicted octanol–water partition coefficient (Wildman–Crippen LogP) is 4.50. The summed E-state index contributed by atoms with van der Waals surface area (Å²) in [7, 11) is 0. The molecule has 0 spiro atoms. The van der Waals surface area contributed by atoms with E-state index in [1.54, 1.807) is 0 Å². The SMILES string of the molecule is CCCC(C)COCC(CBr)C(C)(C)C. The van der Waals surface area contributed by atoms with Crippen LogP contribution in [0.5, 0.6) is 0 Å². The summed E-state index contributed by atoms with van der Waals surface area (Å²) in [4.78, 5) is 0. The number of hydrogen-bond donors (Lipinski definition) is 0. The molecule has 0 aromatic rings. The molecule has 2 atom stereocenters. The molecule has 2 heteroatoms. The van der Waals surface area contributed by atoms with Gasteiger partial charge in [-0.25, -0.2) is 0 Å². The molecule has 0 aliphatic heterocycles.